The molecule has 4 aromatic rings. The predicted octanol–water partition coefficient (Wildman–Crippen LogP) is 7.09. The van der Waals surface area contributed by atoms with E-state index < -0.39 is 11.7 Å². The molecule has 2 aromatic heterocycles. The maximum Gasteiger partial charge on any atom is 0.410 e. The molecule has 246 valence electrons. The second-order valence-corrected chi connectivity index (χ2v) is 13.1. The van der Waals surface area contributed by atoms with Crippen molar-refractivity contribution < 1.29 is 18.3 Å². The lowest BCUT2D eigenvalue weighted by Crippen LogP contribution is -2.59. The molecule has 2 atom stereocenters. The predicted molar refractivity (Wildman–Crippen MR) is 176 cm³/mol. The molecule has 0 unspecified atom stereocenters. The van der Waals surface area contributed by atoms with E-state index in [0.29, 0.717) is 43.2 Å². The van der Waals surface area contributed by atoms with E-state index in [-0.39, 0.29) is 35.0 Å². The molecule has 1 amide bonds. The van der Waals surface area contributed by atoms with Gasteiger partial charge < -0.3 is 19.1 Å². The molecular formula is C34H42ClF2N7O2. The van der Waals surface area contributed by atoms with Crippen LogP contribution in [-0.2, 0) is 11.3 Å². The minimum atomic E-state index is -0.586. The Hall–Kier alpha value is -3.83. The van der Waals surface area contributed by atoms with E-state index >= 15 is 0 Å². The minimum Gasteiger partial charge on any atom is -0.444 e. The van der Waals surface area contributed by atoms with Crippen molar-refractivity contribution in [3.63, 3.8) is 0 Å². The van der Waals surface area contributed by atoms with Gasteiger partial charge in [-0.3, -0.25) is 4.90 Å². The maximum absolute atomic E-state index is 14.0. The molecule has 0 spiro atoms. The van der Waals surface area contributed by atoms with E-state index in [0.717, 1.165) is 24.0 Å². The van der Waals surface area contributed by atoms with Gasteiger partial charge in [-0.05, 0) is 80.6 Å². The number of amides is 1. The van der Waals surface area contributed by atoms with Gasteiger partial charge in [0.05, 0.1) is 12.4 Å². The largest absolute Gasteiger partial charge is 0.444 e. The molecule has 0 N–H and O–H groups in total. The topological polar surface area (TPSA) is 79.6 Å². The SMILES string of the molecule is CC[C@H]1CN(C(c2ccc(F)cc2)c2ccc(F)cc2)[C@H](CC)CN1c1nc(Cl)nc2c1ncn2CCN(C)C(=O)OC(C)(C)C. The van der Waals surface area contributed by atoms with Crippen LogP contribution in [0.2, 0.25) is 5.28 Å². The first kappa shape index (κ1) is 33.5. The Balaban J connectivity index is 1.45. The summed E-state index contributed by atoms with van der Waals surface area (Å²) >= 11 is 6.54. The van der Waals surface area contributed by atoms with Crippen molar-refractivity contribution >= 4 is 34.7 Å². The molecular weight excluding hydrogens is 612 g/mol. The smallest absolute Gasteiger partial charge is 0.410 e. The van der Waals surface area contributed by atoms with Crippen LogP contribution in [-0.4, -0.2) is 79.8 Å². The van der Waals surface area contributed by atoms with Crippen LogP contribution in [0.5, 0.6) is 0 Å². The number of hydrogen-bond acceptors (Lipinski definition) is 7. The highest BCUT2D eigenvalue weighted by atomic mass is 35.5. The number of ether oxygens (including phenoxy) is 1. The number of imidazole rings is 1. The van der Waals surface area contributed by atoms with E-state index in [1.165, 1.54) is 29.2 Å². The molecule has 46 heavy (non-hydrogen) atoms. The van der Waals surface area contributed by atoms with Crippen molar-refractivity contribution in [2.75, 3.05) is 31.6 Å². The average Bonchev–Trinajstić information content (AvgIpc) is 3.42. The lowest BCUT2D eigenvalue weighted by Gasteiger charge is -2.49. The number of carbonyl (C=O) groups excluding carboxylic acids is 1. The molecule has 0 radical (unpaired) electrons. The summed E-state index contributed by atoms with van der Waals surface area (Å²) in [5, 5.41) is 0.116. The fourth-order valence-electron chi connectivity index (χ4n) is 6.08. The molecule has 1 aliphatic rings. The highest BCUT2D eigenvalue weighted by molar-refractivity contribution is 6.28. The molecule has 0 aliphatic carbocycles. The first-order valence-corrected chi connectivity index (χ1v) is 16.1. The molecule has 1 saturated heterocycles. The second kappa shape index (κ2) is 13.9. The summed E-state index contributed by atoms with van der Waals surface area (Å²) in [6.45, 7) is 11.9. The van der Waals surface area contributed by atoms with Crippen LogP contribution in [0.1, 0.15) is 64.6 Å². The summed E-state index contributed by atoms with van der Waals surface area (Å²) in [5.41, 5.74) is 2.53. The van der Waals surface area contributed by atoms with Crippen LogP contribution in [0, 0.1) is 11.6 Å². The number of anilines is 1. The number of rotatable bonds is 9. The number of piperazine rings is 1. The zero-order chi connectivity index (χ0) is 33.2. The van der Waals surface area contributed by atoms with Gasteiger partial charge in [-0.1, -0.05) is 38.1 Å². The average molecular weight is 654 g/mol. The van der Waals surface area contributed by atoms with Crippen LogP contribution in [0.15, 0.2) is 54.9 Å². The summed E-state index contributed by atoms with van der Waals surface area (Å²) in [7, 11) is 1.70. The number of hydrogen-bond donors (Lipinski definition) is 0. The molecule has 0 bridgehead atoms. The summed E-state index contributed by atoms with van der Waals surface area (Å²) in [4.78, 5) is 32.7. The first-order valence-electron chi connectivity index (χ1n) is 15.7. The fourth-order valence-corrected chi connectivity index (χ4v) is 6.24. The number of nitrogens with zero attached hydrogens (tertiary/aromatic N) is 7. The summed E-state index contributed by atoms with van der Waals surface area (Å²) in [5.74, 6) is 0.0651. The molecule has 5 rings (SSSR count). The second-order valence-electron chi connectivity index (χ2n) is 12.8. The van der Waals surface area contributed by atoms with Gasteiger partial charge in [0.2, 0.25) is 5.28 Å². The van der Waals surface area contributed by atoms with E-state index in [1.807, 2.05) is 49.6 Å². The third kappa shape index (κ3) is 7.41. The highest BCUT2D eigenvalue weighted by Crippen LogP contribution is 2.37. The number of likely N-dealkylation sites (N-methyl/N-ethyl adjacent to an activating group) is 1. The molecule has 1 fully saturated rings. The lowest BCUT2D eigenvalue weighted by atomic mass is 9.91. The highest BCUT2D eigenvalue weighted by Gasteiger charge is 2.39. The molecule has 12 heteroatoms. The molecule has 2 aromatic carbocycles. The number of halogens is 3. The normalized spacial score (nSPS) is 17.6. The Morgan fingerprint density at radius 1 is 0.978 bits per heavy atom. The fraction of sp³-hybridized carbons (Fsp3) is 0.471. The quantitative estimate of drug-likeness (QED) is 0.178. The number of aromatic nitrogens is 4. The number of carbonyl (C=O) groups is 1. The van der Waals surface area contributed by atoms with Crippen molar-refractivity contribution in [3.8, 4) is 0 Å². The zero-order valence-corrected chi connectivity index (χ0v) is 28.0. The van der Waals surface area contributed by atoms with Crippen molar-refractivity contribution in [2.24, 2.45) is 0 Å². The first-order chi connectivity index (χ1) is 21.9. The number of benzene rings is 2. The van der Waals surface area contributed by atoms with Crippen LogP contribution in [0.25, 0.3) is 11.2 Å². The van der Waals surface area contributed by atoms with Gasteiger partial charge in [-0.25, -0.2) is 18.6 Å². The molecule has 0 saturated carbocycles. The van der Waals surface area contributed by atoms with Gasteiger partial charge in [0.25, 0.3) is 0 Å². The minimum absolute atomic E-state index is 0.0452. The van der Waals surface area contributed by atoms with E-state index in [1.54, 1.807) is 13.4 Å². The third-order valence-electron chi connectivity index (χ3n) is 8.46. The van der Waals surface area contributed by atoms with Gasteiger partial charge in [0.15, 0.2) is 17.0 Å². The summed E-state index contributed by atoms with van der Waals surface area (Å²) in [6.07, 6.45) is 2.95. The van der Waals surface area contributed by atoms with Crippen LogP contribution >= 0.6 is 11.6 Å². The van der Waals surface area contributed by atoms with Gasteiger partial charge >= 0.3 is 6.09 Å². The van der Waals surface area contributed by atoms with Crippen LogP contribution in [0.3, 0.4) is 0 Å². The van der Waals surface area contributed by atoms with Crippen LogP contribution in [0.4, 0.5) is 19.4 Å². The lowest BCUT2D eigenvalue weighted by molar-refractivity contribution is 0.0294. The Morgan fingerprint density at radius 2 is 1.57 bits per heavy atom. The standard InChI is InChI=1S/C34H42ClF2N7O2/c1-7-26-20-44(27(8-2)19-43(26)29(22-9-13-24(36)14-10-22)23-11-15-25(37)16-12-23)31-28-30(39-32(35)40-31)42(21-38-28)18-17-41(6)33(45)46-34(3,4)5/h9-16,21,26-27,29H,7-8,17-20H2,1-6H3/t26-,27+/m1/s1. The van der Waals surface area contributed by atoms with Crippen molar-refractivity contribution in [2.45, 2.75) is 77.7 Å². The van der Waals surface area contributed by atoms with Gasteiger partial charge in [-0.2, -0.15) is 9.97 Å². The van der Waals surface area contributed by atoms with E-state index in [2.05, 4.69) is 28.6 Å². The Morgan fingerprint density at radius 3 is 2.11 bits per heavy atom. The van der Waals surface area contributed by atoms with E-state index in [9.17, 15) is 13.6 Å². The number of fused-ring (bicyclic) bond motifs is 1. The maximum atomic E-state index is 14.0. The van der Waals surface area contributed by atoms with Gasteiger partial charge in [-0.15, -0.1) is 0 Å². The monoisotopic (exact) mass is 653 g/mol. The van der Waals surface area contributed by atoms with Crippen molar-refractivity contribution in [1.82, 2.24) is 29.3 Å². The third-order valence-corrected chi connectivity index (χ3v) is 8.63. The summed E-state index contributed by atoms with van der Waals surface area (Å²) in [6, 6.07) is 13.1. The Bertz CT molecular complexity index is 1600. The zero-order valence-electron chi connectivity index (χ0n) is 27.3. The van der Waals surface area contributed by atoms with Crippen LogP contribution < -0.4 is 4.90 Å². The molecule has 1 aliphatic heterocycles. The van der Waals surface area contributed by atoms with Crippen molar-refractivity contribution in [1.29, 1.82) is 0 Å². The summed E-state index contributed by atoms with van der Waals surface area (Å²) < 4.78 is 35.3. The Kier molecular flexibility index (Phi) is 10.1. The van der Waals surface area contributed by atoms with Gasteiger partial charge in [0, 0.05) is 45.3 Å². The van der Waals surface area contributed by atoms with Crippen molar-refractivity contribution in [3.05, 3.63) is 82.9 Å². The Labute approximate surface area is 274 Å². The van der Waals surface area contributed by atoms with Gasteiger partial charge in [0.1, 0.15) is 17.2 Å². The van der Waals surface area contributed by atoms with E-state index in [4.69, 9.17) is 26.3 Å². The molecule has 9 nitrogen and oxygen atoms in total. The molecule has 3 heterocycles.